The number of alkyl halides is 3. The number of benzene rings is 1. The minimum absolute atomic E-state index is 0.00806. The second kappa shape index (κ2) is 6.93. The van der Waals surface area contributed by atoms with Gasteiger partial charge in [-0.2, -0.15) is 18.4 Å². The molecule has 28 heavy (non-hydrogen) atoms. The zero-order valence-electron chi connectivity index (χ0n) is 15.5. The Morgan fingerprint density at radius 3 is 2.54 bits per heavy atom. The summed E-state index contributed by atoms with van der Waals surface area (Å²) in [5.74, 6) is -4.56. The summed E-state index contributed by atoms with van der Waals surface area (Å²) in [5.41, 5.74) is 6.40. The highest BCUT2D eigenvalue weighted by Crippen LogP contribution is 2.43. The predicted molar refractivity (Wildman–Crippen MR) is 97.1 cm³/mol. The van der Waals surface area contributed by atoms with E-state index in [1.807, 2.05) is 19.9 Å². The molecular formula is C19H20F3N5O. The predicted octanol–water partition coefficient (Wildman–Crippen LogP) is 3.02. The van der Waals surface area contributed by atoms with Crippen molar-refractivity contribution in [1.29, 1.82) is 5.26 Å². The van der Waals surface area contributed by atoms with Crippen LogP contribution in [0.15, 0.2) is 24.5 Å². The van der Waals surface area contributed by atoms with Crippen molar-refractivity contribution in [3.05, 3.63) is 30.1 Å². The van der Waals surface area contributed by atoms with Crippen LogP contribution in [0.2, 0.25) is 0 Å². The first-order valence-electron chi connectivity index (χ1n) is 8.78. The minimum atomic E-state index is -4.71. The second-order valence-electron chi connectivity index (χ2n) is 7.93. The summed E-state index contributed by atoms with van der Waals surface area (Å²) in [6.45, 7) is 4.20. The maximum absolute atomic E-state index is 13.5. The van der Waals surface area contributed by atoms with Crippen LogP contribution in [-0.2, 0) is 4.79 Å². The van der Waals surface area contributed by atoms with E-state index < -0.39 is 29.3 Å². The molecule has 1 aliphatic rings. The van der Waals surface area contributed by atoms with Crippen LogP contribution in [0.4, 0.5) is 18.9 Å². The van der Waals surface area contributed by atoms with Gasteiger partial charge in [0.05, 0.1) is 11.3 Å². The first-order valence-corrected chi connectivity index (χ1v) is 8.78. The smallest absolute Gasteiger partial charge is 0.369 e. The molecule has 1 amide bonds. The van der Waals surface area contributed by atoms with Crippen LogP contribution in [0.1, 0.15) is 25.8 Å². The first kappa shape index (κ1) is 19.9. The number of primary amides is 1. The van der Waals surface area contributed by atoms with Gasteiger partial charge in [-0.25, -0.2) is 0 Å². The van der Waals surface area contributed by atoms with Gasteiger partial charge in [0.15, 0.2) is 0 Å². The van der Waals surface area contributed by atoms with Gasteiger partial charge < -0.3 is 10.6 Å². The van der Waals surface area contributed by atoms with Crippen molar-refractivity contribution in [2.45, 2.75) is 26.4 Å². The molecule has 6 nitrogen and oxygen atoms in total. The normalized spacial score (nSPS) is 20.6. The second-order valence-corrected chi connectivity index (χ2v) is 7.93. The van der Waals surface area contributed by atoms with E-state index in [-0.39, 0.29) is 13.0 Å². The number of aromatic nitrogens is 2. The van der Waals surface area contributed by atoms with Crippen molar-refractivity contribution in [3.8, 4) is 6.07 Å². The highest BCUT2D eigenvalue weighted by Gasteiger charge is 2.51. The van der Waals surface area contributed by atoms with Gasteiger partial charge in [0.25, 0.3) is 0 Å². The molecule has 0 radical (unpaired) electrons. The van der Waals surface area contributed by atoms with Gasteiger partial charge in [-0.1, -0.05) is 13.8 Å². The molecule has 2 N–H and O–H groups in total. The molecule has 1 unspecified atom stereocenters. The third kappa shape index (κ3) is 3.72. The number of carbonyl (C=O) groups excluding carboxylic acids is 1. The molecule has 1 fully saturated rings. The van der Waals surface area contributed by atoms with Gasteiger partial charge >= 0.3 is 6.18 Å². The van der Waals surface area contributed by atoms with Crippen molar-refractivity contribution in [2.24, 2.45) is 23.0 Å². The van der Waals surface area contributed by atoms with E-state index in [2.05, 4.69) is 9.97 Å². The highest BCUT2D eigenvalue weighted by molar-refractivity contribution is 5.92. The number of hydrogen-bond donors (Lipinski definition) is 1. The van der Waals surface area contributed by atoms with E-state index in [1.54, 1.807) is 17.0 Å². The summed E-state index contributed by atoms with van der Waals surface area (Å²) in [4.78, 5) is 21.9. The number of carbonyl (C=O) groups is 1. The van der Waals surface area contributed by atoms with Gasteiger partial charge in [0.1, 0.15) is 23.0 Å². The maximum Gasteiger partial charge on any atom is 0.400 e. The van der Waals surface area contributed by atoms with Crippen molar-refractivity contribution in [3.63, 3.8) is 0 Å². The third-order valence-electron chi connectivity index (χ3n) is 5.08. The fraction of sp³-hybridized carbons (Fsp3) is 0.474. The Morgan fingerprint density at radius 1 is 1.32 bits per heavy atom. The molecule has 2 heterocycles. The monoisotopic (exact) mass is 391 g/mol. The van der Waals surface area contributed by atoms with Crippen LogP contribution in [-0.4, -0.2) is 35.1 Å². The largest absolute Gasteiger partial charge is 0.400 e. The minimum Gasteiger partial charge on any atom is -0.369 e. The lowest BCUT2D eigenvalue weighted by atomic mass is 9.73. The van der Waals surface area contributed by atoms with Crippen LogP contribution in [0.5, 0.6) is 0 Å². The average molecular weight is 391 g/mol. The molecule has 0 aliphatic carbocycles. The molecule has 9 heteroatoms. The Balaban J connectivity index is 2.07. The summed E-state index contributed by atoms with van der Waals surface area (Å²) >= 11 is 0. The Kier molecular flexibility index (Phi) is 4.91. The topological polar surface area (TPSA) is 95.9 Å². The van der Waals surface area contributed by atoms with Gasteiger partial charge in [-0.05, 0) is 29.9 Å². The Labute approximate surface area is 160 Å². The van der Waals surface area contributed by atoms with Gasteiger partial charge in [-0.3, -0.25) is 14.8 Å². The van der Waals surface area contributed by atoms with Crippen molar-refractivity contribution in [1.82, 2.24) is 9.97 Å². The van der Waals surface area contributed by atoms with E-state index in [0.717, 1.165) is 0 Å². The summed E-state index contributed by atoms with van der Waals surface area (Å²) in [6.07, 6.45) is -1.55. The highest BCUT2D eigenvalue weighted by atomic mass is 19.4. The van der Waals surface area contributed by atoms with E-state index in [1.165, 1.54) is 12.4 Å². The van der Waals surface area contributed by atoms with Gasteiger partial charge in [0, 0.05) is 25.5 Å². The van der Waals surface area contributed by atoms with Crippen LogP contribution in [0, 0.1) is 28.6 Å². The number of anilines is 1. The number of halogens is 3. The standard InChI is InChI=1S/C19H20F3N5O/c1-18(2)7-12(14(17(24)28)19(20,21)22)9-27(10-18)13-4-3-11(8-23)15-16(13)26-6-5-25-15/h3-6,12,14H,7,9-10H2,1-2H3,(H2,24,28)/t12-,14?/m0/s1. The molecule has 1 aliphatic heterocycles. The lowest BCUT2D eigenvalue weighted by Gasteiger charge is -2.45. The Morgan fingerprint density at radius 2 is 1.96 bits per heavy atom. The molecule has 0 bridgehead atoms. The number of piperidine rings is 1. The molecule has 0 saturated carbocycles. The van der Waals surface area contributed by atoms with E-state index in [4.69, 9.17) is 5.73 Å². The quantitative estimate of drug-likeness (QED) is 0.868. The molecule has 1 aromatic carbocycles. The third-order valence-corrected chi connectivity index (χ3v) is 5.08. The molecule has 0 spiro atoms. The first-order chi connectivity index (χ1) is 13.0. The number of fused-ring (bicyclic) bond motifs is 1. The molecule has 2 atom stereocenters. The molecule has 3 rings (SSSR count). The number of nitriles is 1. The number of rotatable bonds is 3. The van der Waals surface area contributed by atoms with E-state index in [9.17, 15) is 23.2 Å². The average Bonchev–Trinajstić information content (AvgIpc) is 2.57. The lowest BCUT2D eigenvalue weighted by Crippen LogP contribution is -2.52. The SMILES string of the molecule is CC1(C)C[C@H](C(C(N)=O)C(F)(F)F)CN(c2ccc(C#N)c3nccnc23)C1. The van der Waals surface area contributed by atoms with E-state index >= 15 is 0 Å². The fourth-order valence-corrected chi connectivity index (χ4v) is 4.16. The number of amides is 1. The number of hydrogen-bond acceptors (Lipinski definition) is 5. The molecule has 148 valence electrons. The summed E-state index contributed by atoms with van der Waals surface area (Å²) in [7, 11) is 0. The number of nitrogens with two attached hydrogens (primary N) is 1. The molecule has 2 aromatic rings. The van der Waals surface area contributed by atoms with Crippen molar-refractivity contribution >= 4 is 22.6 Å². The zero-order valence-corrected chi connectivity index (χ0v) is 15.5. The van der Waals surface area contributed by atoms with Crippen LogP contribution in [0.25, 0.3) is 11.0 Å². The Hall–Kier alpha value is -2.89. The lowest BCUT2D eigenvalue weighted by molar-refractivity contribution is -0.194. The molecule has 1 saturated heterocycles. The maximum atomic E-state index is 13.5. The summed E-state index contributed by atoms with van der Waals surface area (Å²) in [5, 5.41) is 9.28. The van der Waals surface area contributed by atoms with Crippen LogP contribution in [0.3, 0.4) is 0 Å². The van der Waals surface area contributed by atoms with E-state index in [0.29, 0.717) is 28.8 Å². The summed E-state index contributed by atoms with van der Waals surface area (Å²) in [6, 6.07) is 5.30. The fourth-order valence-electron chi connectivity index (χ4n) is 4.16. The van der Waals surface area contributed by atoms with Crippen LogP contribution < -0.4 is 10.6 Å². The molecule has 1 aromatic heterocycles. The summed E-state index contributed by atoms with van der Waals surface area (Å²) < 4.78 is 40.5. The van der Waals surface area contributed by atoms with Gasteiger partial charge in [-0.15, -0.1) is 0 Å². The van der Waals surface area contributed by atoms with Crippen molar-refractivity contribution in [2.75, 3.05) is 18.0 Å². The molecular weight excluding hydrogens is 371 g/mol. The van der Waals surface area contributed by atoms with Crippen molar-refractivity contribution < 1.29 is 18.0 Å². The zero-order chi connectivity index (χ0) is 20.7. The van der Waals surface area contributed by atoms with Gasteiger partial charge in [0.2, 0.25) is 5.91 Å². The Bertz CT molecular complexity index is 951. The van der Waals surface area contributed by atoms with Crippen LogP contribution >= 0.6 is 0 Å². The number of nitrogens with zero attached hydrogens (tertiary/aromatic N) is 4.